The van der Waals surface area contributed by atoms with E-state index in [9.17, 15) is 14.0 Å². The fourth-order valence-electron chi connectivity index (χ4n) is 1.46. The third-order valence-corrected chi connectivity index (χ3v) is 3.87. The maximum absolute atomic E-state index is 13.3. The molecule has 0 aromatic heterocycles. The minimum Gasteiger partial charge on any atom is -0.478 e. The van der Waals surface area contributed by atoms with Crippen molar-refractivity contribution in [3.05, 3.63) is 28.5 Å². The topological polar surface area (TPSA) is 54.4 Å². The summed E-state index contributed by atoms with van der Waals surface area (Å²) >= 11 is 6.67. The van der Waals surface area contributed by atoms with Gasteiger partial charge >= 0.3 is 5.97 Å². The molecule has 1 aromatic rings. The van der Waals surface area contributed by atoms with Crippen LogP contribution in [0, 0.1) is 5.82 Å². The predicted molar refractivity (Wildman–Crippen MR) is 73.4 cm³/mol. The molecule has 0 atom stereocenters. The molecular formula is C13H14ClFO3S. The molecular weight excluding hydrogens is 291 g/mol. The molecule has 0 bridgehead atoms. The fraction of sp³-hybridized carbons (Fsp3) is 0.385. The van der Waals surface area contributed by atoms with Crippen LogP contribution in [0.15, 0.2) is 17.0 Å². The number of benzene rings is 1. The highest BCUT2D eigenvalue weighted by Crippen LogP contribution is 2.31. The number of aromatic carboxylic acids is 1. The molecule has 0 amide bonds. The largest absolute Gasteiger partial charge is 0.478 e. The number of halogens is 2. The van der Waals surface area contributed by atoms with Crippen LogP contribution in [0.5, 0.6) is 0 Å². The Morgan fingerprint density at radius 2 is 2.05 bits per heavy atom. The second kappa shape index (κ2) is 7.50. The standard InChI is InChI=1S/C13H14ClFO3S/c1-2-3-4-5-12(16)19-11-6-8(13(17)18)10(15)7-9(11)14/h6-7H,2-5H2,1H3,(H,17,18). The van der Waals surface area contributed by atoms with Gasteiger partial charge in [-0.3, -0.25) is 4.79 Å². The van der Waals surface area contributed by atoms with Gasteiger partial charge in [-0.1, -0.05) is 43.1 Å². The molecule has 0 spiro atoms. The highest BCUT2D eigenvalue weighted by atomic mass is 35.5. The summed E-state index contributed by atoms with van der Waals surface area (Å²) in [5.41, 5.74) is -0.478. The summed E-state index contributed by atoms with van der Waals surface area (Å²) in [6, 6.07) is 2.02. The van der Waals surface area contributed by atoms with Crippen LogP contribution in [-0.4, -0.2) is 16.2 Å². The molecule has 0 aliphatic rings. The molecule has 3 nitrogen and oxygen atoms in total. The van der Waals surface area contributed by atoms with Gasteiger partial charge in [-0.2, -0.15) is 0 Å². The molecule has 1 N–H and O–H groups in total. The zero-order valence-electron chi connectivity index (χ0n) is 10.4. The Bertz CT molecular complexity index is 491. The zero-order valence-corrected chi connectivity index (χ0v) is 12.0. The first kappa shape index (κ1) is 16.0. The number of carboxylic acids is 1. The molecule has 0 aliphatic carbocycles. The average Bonchev–Trinajstić information content (AvgIpc) is 2.32. The summed E-state index contributed by atoms with van der Waals surface area (Å²) in [5.74, 6) is -2.28. The molecule has 19 heavy (non-hydrogen) atoms. The Morgan fingerprint density at radius 3 is 2.63 bits per heavy atom. The third-order valence-electron chi connectivity index (χ3n) is 2.46. The Morgan fingerprint density at radius 1 is 1.37 bits per heavy atom. The van der Waals surface area contributed by atoms with Gasteiger partial charge in [0, 0.05) is 11.3 Å². The van der Waals surface area contributed by atoms with E-state index in [1.54, 1.807) is 0 Å². The summed E-state index contributed by atoms with van der Waals surface area (Å²) < 4.78 is 13.3. The van der Waals surface area contributed by atoms with Crippen molar-refractivity contribution in [3.8, 4) is 0 Å². The lowest BCUT2D eigenvalue weighted by atomic mass is 10.2. The summed E-state index contributed by atoms with van der Waals surface area (Å²) in [4.78, 5) is 22.8. The predicted octanol–water partition coefficient (Wildman–Crippen LogP) is 4.38. The van der Waals surface area contributed by atoms with E-state index in [-0.39, 0.29) is 15.0 Å². The van der Waals surface area contributed by atoms with Crippen molar-refractivity contribution < 1.29 is 19.1 Å². The lowest BCUT2D eigenvalue weighted by Crippen LogP contribution is -2.01. The molecule has 6 heteroatoms. The smallest absolute Gasteiger partial charge is 0.338 e. The van der Waals surface area contributed by atoms with Gasteiger partial charge in [-0.25, -0.2) is 9.18 Å². The van der Waals surface area contributed by atoms with Crippen molar-refractivity contribution in [2.45, 2.75) is 37.5 Å². The molecule has 1 rings (SSSR count). The number of carbonyl (C=O) groups is 2. The molecule has 0 saturated carbocycles. The maximum atomic E-state index is 13.3. The highest BCUT2D eigenvalue weighted by molar-refractivity contribution is 8.13. The maximum Gasteiger partial charge on any atom is 0.338 e. The number of carboxylic acid groups (broad SMARTS) is 1. The second-order valence-corrected chi connectivity index (χ2v) is 5.51. The van der Waals surface area contributed by atoms with Crippen LogP contribution in [0.2, 0.25) is 5.02 Å². The molecule has 0 unspecified atom stereocenters. The van der Waals surface area contributed by atoms with Crippen LogP contribution < -0.4 is 0 Å². The first-order chi connectivity index (χ1) is 8.95. The van der Waals surface area contributed by atoms with Crippen LogP contribution in [0.4, 0.5) is 4.39 Å². The Balaban J connectivity index is 2.80. The van der Waals surface area contributed by atoms with Gasteiger partial charge in [-0.15, -0.1) is 0 Å². The molecule has 0 heterocycles. The van der Waals surface area contributed by atoms with E-state index < -0.39 is 17.3 Å². The van der Waals surface area contributed by atoms with E-state index in [0.29, 0.717) is 6.42 Å². The Labute approximate surface area is 120 Å². The number of thioether (sulfide) groups is 1. The van der Waals surface area contributed by atoms with Gasteiger partial charge < -0.3 is 5.11 Å². The molecule has 0 fully saturated rings. The summed E-state index contributed by atoms with van der Waals surface area (Å²) in [5, 5.41) is 8.76. The summed E-state index contributed by atoms with van der Waals surface area (Å²) in [6.07, 6.45) is 3.16. The van der Waals surface area contributed by atoms with E-state index in [0.717, 1.165) is 43.2 Å². The van der Waals surface area contributed by atoms with Crippen LogP contribution in [0.25, 0.3) is 0 Å². The van der Waals surface area contributed by atoms with E-state index in [1.807, 2.05) is 6.92 Å². The van der Waals surface area contributed by atoms with Crippen LogP contribution in [-0.2, 0) is 4.79 Å². The van der Waals surface area contributed by atoms with E-state index >= 15 is 0 Å². The number of hydrogen-bond donors (Lipinski definition) is 1. The first-order valence-corrected chi connectivity index (χ1v) is 7.08. The van der Waals surface area contributed by atoms with Gasteiger partial charge in [0.2, 0.25) is 0 Å². The minimum absolute atomic E-state index is 0.0522. The normalized spacial score (nSPS) is 10.5. The minimum atomic E-state index is -1.38. The van der Waals surface area contributed by atoms with E-state index in [1.165, 1.54) is 0 Å². The van der Waals surface area contributed by atoms with Crippen LogP contribution >= 0.6 is 23.4 Å². The average molecular weight is 305 g/mol. The van der Waals surface area contributed by atoms with Gasteiger partial charge in [0.15, 0.2) is 5.12 Å². The van der Waals surface area contributed by atoms with Crippen LogP contribution in [0.3, 0.4) is 0 Å². The Hall–Kier alpha value is -1.07. The highest BCUT2D eigenvalue weighted by Gasteiger charge is 2.16. The van der Waals surface area contributed by atoms with Crippen molar-refractivity contribution in [3.63, 3.8) is 0 Å². The van der Waals surface area contributed by atoms with Crippen molar-refractivity contribution in [2.75, 3.05) is 0 Å². The number of hydrogen-bond acceptors (Lipinski definition) is 3. The Kier molecular flexibility index (Phi) is 6.31. The van der Waals surface area contributed by atoms with Gasteiger partial charge in [0.1, 0.15) is 5.82 Å². The lowest BCUT2D eigenvalue weighted by molar-refractivity contribution is -0.111. The molecule has 104 valence electrons. The van der Waals surface area contributed by atoms with Crippen molar-refractivity contribution in [2.24, 2.45) is 0 Å². The second-order valence-electron chi connectivity index (χ2n) is 4.00. The van der Waals surface area contributed by atoms with Crippen molar-refractivity contribution in [1.82, 2.24) is 0 Å². The summed E-state index contributed by atoms with van der Waals surface area (Å²) in [6.45, 7) is 2.04. The number of carbonyl (C=O) groups excluding carboxylic acids is 1. The number of rotatable bonds is 6. The fourth-order valence-corrected chi connectivity index (χ4v) is 2.56. The molecule has 0 saturated heterocycles. The lowest BCUT2D eigenvalue weighted by Gasteiger charge is -2.06. The summed E-state index contributed by atoms with van der Waals surface area (Å²) in [7, 11) is 0. The third kappa shape index (κ3) is 4.84. The van der Waals surface area contributed by atoms with Gasteiger partial charge in [0.25, 0.3) is 0 Å². The van der Waals surface area contributed by atoms with Crippen molar-refractivity contribution in [1.29, 1.82) is 0 Å². The molecule has 0 radical (unpaired) electrons. The van der Waals surface area contributed by atoms with Gasteiger partial charge in [-0.05, 0) is 18.6 Å². The zero-order chi connectivity index (χ0) is 14.4. The quantitative estimate of drug-likeness (QED) is 0.626. The number of unbranched alkanes of at least 4 members (excludes halogenated alkanes) is 2. The monoisotopic (exact) mass is 304 g/mol. The SMILES string of the molecule is CCCCCC(=O)Sc1cc(C(=O)O)c(F)cc1Cl. The van der Waals surface area contributed by atoms with Crippen molar-refractivity contribution >= 4 is 34.4 Å². The molecule has 0 aliphatic heterocycles. The molecule has 1 aromatic carbocycles. The van der Waals surface area contributed by atoms with E-state index in [2.05, 4.69) is 0 Å². The van der Waals surface area contributed by atoms with Crippen LogP contribution in [0.1, 0.15) is 43.0 Å². The van der Waals surface area contributed by atoms with E-state index in [4.69, 9.17) is 16.7 Å². The first-order valence-electron chi connectivity index (χ1n) is 5.88. The van der Waals surface area contributed by atoms with Gasteiger partial charge in [0.05, 0.1) is 10.6 Å².